The number of aromatic nitrogens is 3. The fraction of sp³-hybridized carbons (Fsp3) is 0. The number of nitrogens with one attached hydrogen (secondary N) is 1. The van der Waals surface area contributed by atoms with E-state index < -0.39 is 0 Å². The highest BCUT2D eigenvalue weighted by atomic mass is 32.2. The van der Waals surface area contributed by atoms with Crippen LogP contribution in [-0.2, 0) is 0 Å². The van der Waals surface area contributed by atoms with Gasteiger partial charge in [0, 0.05) is 44.1 Å². The molecule has 0 saturated carbocycles. The molecule has 2 aliphatic heterocycles. The van der Waals surface area contributed by atoms with Gasteiger partial charge in [-0.25, -0.2) is 15.0 Å². The van der Waals surface area contributed by atoms with Crippen LogP contribution in [0.5, 0.6) is 11.5 Å². The zero-order valence-electron chi connectivity index (χ0n) is 26.3. The minimum atomic E-state index is 0.597. The molecule has 0 spiro atoms. The van der Waals surface area contributed by atoms with E-state index in [2.05, 4.69) is 72.0 Å². The second-order valence-corrected chi connectivity index (χ2v) is 13.5. The van der Waals surface area contributed by atoms with Gasteiger partial charge in [-0.15, -0.1) is 0 Å². The van der Waals surface area contributed by atoms with Gasteiger partial charge in [-0.05, 0) is 71.6 Å². The molecule has 0 unspecified atom stereocenters. The van der Waals surface area contributed by atoms with Gasteiger partial charge in [0.1, 0.15) is 22.7 Å². The Hall–Kier alpha value is -6.44. The number of fused-ring (bicyclic) bond motifs is 5. The third-order valence-corrected chi connectivity index (χ3v) is 10.7. The summed E-state index contributed by atoms with van der Waals surface area (Å²) in [6.07, 6.45) is 0. The summed E-state index contributed by atoms with van der Waals surface area (Å²) >= 11 is 1.75. The molecule has 234 valence electrons. The van der Waals surface area contributed by atoms with E-state index in [1.807, 2.05) is 72.8 Å². The molecule has 7 aromatic carbocycles. The van der Waals surface area contributed by atoms with Crippen LogP contribution in [0.4, 0.5) is 11.4 Å². The average molecular weight is 661 g/mol. The highest BCUT2D eigenvalue weighted by molar-refractivity contribution is 8.00. The smallest absolute Gasteiger partial charge is 0.164 e. The van der Waals surface area contributed by atoms with E-state index in [4.69, 9.17) is 24.1 Å². The molecule has 7 heteroatoms. The quantitative estimate of drug-likeness (QED) is 0.202. The summed E-state index contributed by atoms with van der Waals surface area (Å²) in [5, 5.41) is 8.04. The Kier molecular flexibility index (Phi) is 5.79. The van der Waals surface area contributed by atoms with Gasteiger partial charge in [-0.1, -0.05) is 90.6 Å². The maximum atomic E-state index is 6.50. The zero-order valence-corrected chi connectivity index (χ0v) is 27.2. The first-order valence-electron chi connectivity index (χ1n) is 16.4. The molecule has 1 N–H and O–H groups in total. The van der Waals surface area contributed by atoms with E-state index in [1.165, 1.54) is 0 Å². The summed E-state index contributed by atoms with van der Waals surface area (Å²) in [6.45, 7) is 0. The summed E-state index contributed by atoms with van der Waals surface area (Å²) in [7, 11) is 0. The molecule has 0 saturated heterocycles. The summed E-state index contributed by atoms with van der Waals surface area (Å²) in [4.78, 5) is 17.5. The van der Waals surface area contributed by atoms with Gasteiger partial charge in [0.05, 0.1) is 15.5 Å². The van der Waals surface area contributed by atoms with Crippen LogP contribution in [0, 0.1) is 0 Å². The summed E-state index contributed by atoms with van der Waals surface area (Å²) in [5.74, 6) is 3.53. The summed E-state index contributed by atoms with van der Waals surface area (Å²) in [6, 6.07) is 47.6. The van der Waals surface area contributed by atoms with E-state index in [1.54, 1.807) is 11.8 Å². The van der Waals surface area contributed by atoms with Gasteiger partial charge in [-0.2, -0.15) is 0 Å². The first kappa shape index (κ1) is 27.5. The van der Waals surface area contributed by atoms with Crippen LogP contribution in [-0.4, -0.2) is 15.0 Å². The van der Waals surface area contributed by atoms with Crippen LogP contribution >= 0.6 is 11.8 Å². The average Bonchev–Trinajstić information content (AvgIpc) is 3.57. The van der Waals surface area contributed by atoms with Crippen LogP contribution in [0.25, 0.3) is 78.0 Å². The van der Waals surface area contributed by atoms with E-state index in [9.17, 15) is 0 Å². The second kappa shape index (κ2) is 10.5. The van der Waals surface area contributed by atoms with Gasteiger partial charge in [0.2, 0.25) is 0 Å². The monoisotopic (exact) mass is 660 g/mol. The van der Waals surface area contributed by atoms with Crippen LogP contribution in [0.15, 0.2) is 154 Å². The van der Waals surface area contributed by atoms with Crippen molar-refractivity contribution in [2.75, 3.05) is 5.32 Å². The fourth-order valence-electron chi connectivity index (χ4n) is 7.15. The number of para-hydroxylation sites is 2. The minimum absolute atomic E-state index is 0.597. The SMILES string of the molecule is c1ccc(-c2nc(-c3cc4c5c6c(ccc5c3)Oc3cccc(c3S6)Nc3ccccc3-4)nc(-c3ccc4oc5ccccc5c4c3)n2)cc1. The third kappa shape index (κ3) is 4.20. The number of anilines is 2. The fourth-order valence-corrected chi connectivity index (χ4v) is 8.33. The van der Waals surface area contributed by atoms with Crippen molar-refractivity contribution in [1.82, 2.24) is 15.0 Å². The van der Waals surface area contributed by atoms with Crippen molar-refractivity contribution in [3.63, 3.8) is 0 Å². The number of hydrogen-bond donors (Lipinski definition) is 1. The predicted molar refractivity (Wildman–Crippen MR) is 200 cm³/mol. The summed E-state index contributed by atoms with van der Waals surface area (Å²) in [5.41, 5.74) is 8.61. The minimum Gasteiger partial charge on any atom is -0.456 e. The van der Waals surface area contributed by atoms with Crippen molar-refractivity contribution in [2.24, 2.45) is 0 Å². The van der Waals surface area contributed by atoms with E-state index in [-0.39, 0.29) is 0 Å². The molecule has 2 aromatic heterocycles. The third-order valence-electron chi connectivity index (χ3n) is 9.48. The number of furan rings is 1. The first-order chi connectivity index (χ1) is 24.7. The lowest BCUT2D eigenvalue weighted by Gasteiger charge is -2.23. The number of rotatable bonds is 3. The molecule has 0 atom stereocenters. The second-order valence-electron chi connectivity index (χ2n) is 12.5. The van der Waals surface area contributed by atoms with E-state index in [0.29, 0.717) is 17.5 Å². The van der Waals surface area contributed by atoms with Gasteiger partial charge < -0.3 is 14.5 Å². The Bertz CT molecular complexity index is 2870. The van der Waals surface area contributed by atoms with Crippen LogP contribution in [0.2, 0.25) is 0 Å². The molecular formula is C43H24N4O2S. The number of ether oxygens (including phenoxy) is 1. The van der Waals surface area contributed by atoms with Crippen LogP contribution < -0.4 is 10.1 Å². The Morgan fingerprint density at radius 3 is 2.14 bits per heavy atom. The highest BCUT2D eigenvalue weighted by Crippen LogP contribution is 2.56. The maximum absolute atomic E-state index is 6.50. The lowest BCUT2D eigenvalue weighted by atomic mass is 9.93. The Labute approximate surface area is 290 Å². The molecule has 6 nitrogen and oxygen atoms in total. The highest BCUT2D eigenvalue weighted by Gasteiger charge is 2.27. The van der Waals surface area contributed by atoms with Crippen molar-refractivity contribution in [1.29, 1.82) is 0 Å². The molecule has 0 aliphatic carbocycles. The molecule has 0 radical (unpaired) electrons. The Morgan fingerprint density at radius 1 is 0.480 bits per heavy atom. The molecule has 4 heterocycles. The topological polar surface area (TPSA) is 73.1 Å². The maximum Gasteiger partial charge on any atom is 0.164 e. The van der Waals surface area contributed by atoms with E-state index >= 15 is 0 Å². The van der Waals surface area contributed by atoms with Gasteiger partial charge in [-0.3, -0.25) is 0 Å². The Balaban J connectivity index is 1.17. The van der Waals surface area contributed by atoms with Gasteiger partial charge in [0.25, 0.3) is 0 Å². The normalized spacial score (nSPS) is 12.6. The molecule has 9 aromatic rings. The number of benzene rings is 7. The lowest BCUT2D eigenvalue weighted by molar-refractivity contribution is 0.457. The number of hydrogen-bond acceptors (Lipinski definition) is 7. The van der Waals surface area contributed by atoms with Crippen molar-refractivity contribution < 1.29 is 9.15 Å². The first-order valence-corrected chi connectivity index (χ1v) is 17.2. The Morgan fingerprint density at radius 2 is 1.22 bits per heavy atom. The van der Waals surface area contributed by atoms with Gasteiger partial charge >= 0.3 is 0 Å². The molecule has 0 fully saturated rings. The standard InChI is InChI=1S/C43H24N4O2S/c1-2-9-24(10-3-1)41-45-42(26-18-19-35-30(22-26)29-12-5-7-15-34(29)48-35)47-43(46-41)27-21-25-17-20-37-40-38(25)31(23-27)28-11-4-6-13-32(28)44-33-14-8-16-36(49-37)39(33)50-40/h1-23,44H. The van der Waals surface area contributed by atoms with Crippen molar-refractivity contribution in [3.8, 4) is 56.8 Å². The van der Waals surface area contributed by atoms with Crippen molar-refractivity contribution >= 4 is 55.8 Å². The summed E-state index contributed by atoms with van der Waals surface area (Å²) < 4.78 is 12.6. The molecule has 0 amide bonds. The van der Waals surface area contributed by atoms with Crippen LogP contribution in [0.1, 0.15) is 0 Å². The molecular weight excluding hydrogens is 637 g/mol. The van der Waals surface area contributed by atoms with Crippen molar-refractivity contribution in [2.45, 2.75) is 9.79 Å². The van der Waals surface area contributed by atoms with Crippen molar-refractivity contribution in [3.05, 3.63) is 140 Å². The molecule has 50 heavy (non-hydrogen) atoms. The van der Waals surface area contributed by atoms with Crippen LogP contribution in [0.3, 0.4) is 0 Å². The largest absolute Gasteiger partial charge is 0.456 e. The molecule has 2 aliphatic rings. The lowest BCUT2D eigenvalue weighted by Crippen LogP contribution is -2.01. The molecule has 2 bridgehead atoms. The number of nitrogens with zero attached hydrogens (tertiary/aromatic N) is 3. The molecule has 11 rings (SSSR count). The van der Waals surface area contributed by atoms with E-state index in [0.717, 1.165) is 93.2 Å². The predicted octanol–water partition coefficient (Wildman–Crippen LogP) is 11.9. The zero-order chi connectivity index (χ0) is 32.8. The van der Waals surface area contributed by atoms with Gasteiger partial charge in [0.15, 0.2) is 17.5 Å².